The lowest BCUT2D eigenvalue weighted by atomic mass is 10.1. The second kappa shape index (κ2) is 9.27. The number of hydrogen-bond donors (Lipinski definition) is 2. The first-order valence-corrected chi connectivity index (χ1v) is 8.71. The van der Waals surface area contributed by atoms with Crippen LogP contribution in [0.25, 0.3) is 0 Å². The molecule has 7 nitrogen and oxygen atoms in total. The topological polar surface area (TPSA) is 106 Å². The highest BCUT2D eigenvalue weighted by atomic mass is 35.5. The van der Waals surface area contributed by atoms with Gasteiger partial charge < -0.3 is 15.5 Å². The van der Waals surface area contributed by atoms with Crippen LogP contribution in [0, 0.1) is 6.92 Å². The molecule has 0 aromatic carbocycles. The first kappa shape index (κ1) is 21.9. The van der Waals surface area contributed by atoms with Gasteiger partial charge in [0.05, 0.1) is 0 Å². The Morgan fingerprint density at radius 3 is 2.52 bits per heavy atom. The van der Waals surface area contributed by atoms with Gasteiger partial charge in [-0.1, -0.05) is 19.8 Å². The van der Waals surface area contributed by atoms with E-state index in [1.807, 2.05) is 0 Å². The average molecular weight is 368 g/mol. The predicted octanol–water partition coefficient (Wildman–Crippen LogP) is 1.51. The highest BCUT2D eigenvalue weighted by molar-refractivity contribution is 7.89. The van der Waals surface area contributed by atoms with Crippen LogP contribution in [0.4, 0.5) is 0 Å². The third kappa shape index (κ3) is 5.49. The van der Waals surface area contributed by atoms with Crippen LogP contribution in [0.5, 0.6) is 0 Å². The third-order valence-electron chi connectivity index (χ3n) is 3.38. The maximum Gasteiger partial charge on any atom is 0.287 e. The number of nitrogens with two attached hydrogens (primary N) is 1. The van der Waals surface area contributed by atoms with Gasteiger partial charge in [-0.3, -0.25) is 4.79 Å². The van der Waals surface area contributed by atoms with Crippen molar-refractivity contribution in [3.63, 3.8) is 0 Å². The quantitative estimate of drug-likeness (QED) is 0.724. The van der Waals surface area contributed by atoms with E-state index in [0.717, 1.165) is 23.6 Å². The number of hydrogen-bond acceptors (Lipinski definition) is 5. The van der Waals surface area contributed by atoms with Gasteiger partial charge in [-0.05, 0) is 13.3 Å². The number of unbranched alkanes of at least 4 members (excludes halogenated alkanes) is 1. The van der Waals surface area contributed by atoms with Gasteiger partial charge in [0.25, 0.3) is 5.91 Å². The Hall–Kier alpha value is -1.09. The summed E-state index contributed by atoms with van der Waals surface area (Å²) >= 11 is 0. The highest BCUT2D eigenvalue weighted by Crippen LogP contribution is 2.22. The molecule has 1 heterocycles. The lowest BCUT2D eigenvalue weighted by molar-refractivity contribution is 0.0906. The van der Waals surface area contributed by atoms with Crippen LogP contribution in [-0.2, 0) is 10.0 Å². The van der Waals surface area contributed by atoms with E-state index in [-0.39, 0.29) is 34.9 Å². The van der Waals surface area contributed by atoms with Crippen molar-refractivity contribution in [2.75, 3.05) is 20.6 Å². The van der Waals surface area contributed by atoms with Crippen molar-refractivity contribution < 1.29 is 17.6 Å². The van der Waals surface area contributed by atoms with Crippen molar-refractivity contribution in [3.8, 4) is 0 Å². The largest absolute Gasteiger partial charge is 0.455 e. The van der Waals surface area contributed by atoms with Crippen LogP contribution in [0.15, 0.2) is 15.4 Å². The summed E-state index contributed by atoms with van der Waals surface area (Å²) < 4.78 is 30.6. The van der Waals surface area contributed by atoms with Crippen LogP contribution in [0.2, 0.25) is 0 Å². The minimum atomic E-state index is -3.63. The zero-order chi connectivity index (χ0) is 16.9. The molecule has 0 bridgehead atoms. The molecule has 0 aliphatic carbocycles. The molecule has 23 heavy (non-hydrogen) atoms. The number of nitrogens with one attached hydrogen (secondary N) is 1. The van der Waals surface area contributed by atoms with Crippen LogP contribution in [0.1, 0.15) is 42.5 Å². The summed E-state index contributed by atoms with van der Waals surface area (Å²) in [5.74, 6) is -0.278. The van der Waals surface area contributed by atoms with Crippen molar-refractivity contribution in [2.24, 2.45) is 5.73 Å². The second-order valence-electron chi connectivity index (χ2n) is 5.37. The second-order valence-corrected chi connectivity index (χ2v) is 7.49. The number of aryl methyl sites for hydroxylation is 1. The fourth-order valence-corrected chi connectivity index (χ4v) is 3.04. The van der Waals surface area contributed by atoms with Gasteiger partial charge in [0, 0.05) is 32.7 Å². The molecule has 134 valence electrons. The van der Waals surface area contributed by atoms with Crippen molar-refractivity contribution >= 4 is 28.3 Å². The zero-order valence-corrected chi connectivity index (χ0v) is 15.6. The Balaban J connectivity index is 0.00000484. The van der Waals surface area contributed by atoms with Crippen LogP contribution in [-0.4, -0.2) is 45.3 Å². The van der Waals surface area contributed by atoms with Crippen LogP contribution >= 0.6 is 12.4 Å². The van der Waals surface area contributed by atoms with E-state index in [1.54, 1.807) is 0 Å². The molecule has 0 saturated carbocycles. The Morgan fingerprint density at radius 2 is 2.04 bits per heavy atom. The van der Waals surface area contributed by atoms with E-state index in [1.165, 1.54) is 27.1 Å². The number of carbonyl (C=O) groups is 1. The summed E-state index contributed by atoms with van der Waals surface area (Å²) in [4.78, 5) is 12.2. The summed E-state index contributed by atoms with van der Waals surface area (Å²) in [5.41, 5.74) is 5.64. The fraction of sp³-hybridized carbons (Fsp3) is 0.643. The van der Waals surface area contributed by atoms with Crippen molar-refractivity contribution in [3.05, 3.63) is 17.6 Å². The number of furan rings is 1. The molecule has 1 unspecified atom stereocenters. The predicted molar refractivity (Wildman–Crippen MR) is 91.4 cm³/mol. The number of rotatable bonds is 8. The smallest absolute Gasteiger partial charge is 0.287 e. The normalized spacial score (nSPS) is 12.8. The van der Waals surface area contributed by atoms with Gasteiger partial charge in [0.2, 0.25) is 10.0 Å². The van der Waals surface area contributed by atoms with Gasteiger partial charge in [0.1, 0.15) is 10.7 Å². The standard InChI is InChI=1S/C14H25N3O4S.ClH/c1-5-6-7-11(9-15)16-14(18)12-8-13(10(2)21-12)22(19,20)17(3)4;/h8,11H,5-7,9,15H2,1-4H3,(H,16,18);1H. The van der Waals surface area contributed by atoms with E-state index in [9.17, 15) is 13.2 Å². The van der Waals surface area contributed by atoms with Crippen molar-refractivity contribution in [1.29, 1.82) is 0 Å². The monoisotopic (exact) mass is 367 g/mol. The summed E-state index contributed by atoms with van der Waals surface area (Å²) in [5, 5.41) is 2.77. The lowest BCUT2D eigenvalue weighted by Crippen LogP contribution is -2.40. The Bertz CT molecular complexity index is 614. The maximum absolute atomic E-state index is 12.2. The molecular formula is C14H26ClN3O4S. The number of carbonyl (C=O) groups excluding carboxylic acids is 1. The highest BCUT2D eigenvalue weighted by Gasteiger charge is 2.26. The first-order chi connectivity index (χ1) is 10.2. The van der Waals surface area contributed by atoms with Crippen molar-refractivity contribution in [1.82, 2.24) is 9.62 Å². The molecule has 0 saturated heterocycles. The van der Waals surface area contributed by atoms with E-state index in [0.29, 0.717) is 6.54 Å². The minimum Gasteiger partial charge on any atom is -0.455 e. The van der Waals surface area contributed by atoms with Gasteiger partial charge in [-0.2, -0.15) is 0 Å². The third-order valence-corrected chi connectivity index (χ3v) is 5.30. The van der Waals surface area contributed by atoms with Gasteiger partial charge >= 0.3 is 0 Å². The Labute approximate surface area is 144 Å². The van der Waals surface area contributed by atoms with Crippen LogP contribution < -0.4 is 11.1 Å². The number of sulfonamides is 1. The number of nitrogens with zero attached hydrogens (tertiary/aromatic N) is 1. The Morgan fingerprint density at radius 1 is 1.43 bits per heavy atom. The molecule has 1 rings (SSSR count). The Kier molecular flexibility index (Phi) is 8.83. The molecule has 1 aromatic heterocycles. The average Bonchev–Trinajstić information content (AvgIpc) is 2.85. The van der Waals surface area contributed by atoms with Gasteiger partial charge in [-0.25, -0.2) is 12.7 Å². The molecule has 0 fully saturated rings. The first-order valence-electron chi connectivity index (χ1n) is 7.27. The van der Waals surface area contributed by atoms with Crippen molar-refractivity contribution in [2.45, 2.75) is 44.0 Å². The van der Waals surface area contributed by atoms with E-state index in [2.05, 4.69) is 12.2 Å². The molecule has 3 N–H and O–H groups in total. The molecule has 0 spiro atoms. The number of halogens is 1. The van der Waals surface area contributed by atoms with Gasteiger partial charge in [-0.15, -0.1) is 12.4 Å². The molecular weight excluding hydrogens is 342 g/mol. The zero-order valence-electron chi connectivity index (χ0n) is 14.0. The lowest BCUT2D eigenvalue weighted by Gasteiger charge is -2.15. The molecule has 9 heteroatoms. The molecule has 0 radical (unpaired) electrons. The molecule has 1 amide bonds. The van der Waals surface area contributed by atoms with Gasteiger partial charge in [0.15, 0.2) is 5.76 Å². The summed E-state index contributed by atoms with van der Waals surface area (Å²) in [6, 6.07) is 1.11. The minimum absolute atomic E-state index is 0. The SMILES string of the molecule is CCCCC(CN)NC(=O)c1cc(S(=O)(=O)N(C)C)c(C)o1.Cl. The molecule has 1 aromatic rings. The summed E-state index contributed by atoms with van der Waals surface area (Å²) in [6.07, 6.45) is 2.75. The number of amides is 1. The molecule has 1 atom stereocenters. The maximum atomic E-state index is 12.2. The summed E-state index contributed by atoms with van der Waals surface area (Å²) in [6.45, 7) is 3.91. The molecule has 0 aliphatic rings. The molecule has 0 aliphatic heterocycles. The van der Waals surface area contributed by atoms with E-state index < -0.39 is 15.9 Å². The van der Waals surface area contributed by atoms with E-state index >= 15 is 0 Å². The fourth-order valence-electron chi connectivity index (χ4n) is 1.99. The summed E-state index contributed by atoms with van der Waals surface area (Å²) in [7, 11) is -0.779. The van der Waals surface area contributed by atoms with Crippen LogP contribution in [0.3, 0.4) is 0 Å². The van der Waals surface area contributed by atoms with E-state index in [4.69, 9.17) is 10.2 Å².